The molecule has 0 bridgehead atoms. The summed E-state index contributed by atoms with van der Waals surface area (Å²) in [4.78, 5) is 0. The van der Waals surface area contributed by atoms with Gasteiger partial charge in [0.2, 0.25) is 0 Å². The van der Waals surface area contributed by atoms with Crippen LogP contribution in [0.25, 0.3) is 0 Å². The zero-order chi connectivity index (χ0) is 5.21. The van der Waals surface area contributed by atoms with Gasteiger partial charge in [0.05, 0.1) is 0 Å². The minimum atomic E-state index is 0.0369. The van der Waals surface area contributed by atoms with Crippen LogP contribution < -0.4 is 0 Å². The van der Waals surface area contributed by atoms with E-state index in [9.17, 15) is 0 Å². The SMILES string of the molecule is BrC(Br)(Br)[CH2][SnH]. The predicted octanol–water partition coefficient (Wildman–Crippen LogP) is 2.14. The maximum absolute atomic E-state index is 3.34. The van der Waals surface area contributed by atoms with E-state index in [1.54, 1.807) is 0 Å². The van der Waals surface area contributed by atoms with Gasteiger partial charge < -0.3 is 0 Å². The Morgan fingerprint density at radius 2 is 1.50 bits per heavy atom. The summed E-state index contributed by atoms with van der Waals surface area (Å²) < 4.78 is 1.19. The molecule has 0 heterocycles. The molecular weight excluding hydrogens is 382 g/mol. The molecule has 0 nitrogen and oxygen atoms in total. The fourth-order valence-corrected chi connectivity index (χ4v) is 0. The van der Waals surface area contributed by atoms with E-state index in [0.717, 1.165) is 4.44 Å². The van der Waals surface area contributed by atoms with Crippen molar-refractivity contribution in [2.24, 2.45) is 0 Å². The molecule has 2 radical (unpaired) electrons. The van der Waals surface area contributed by atoms with Gasteiger partial charge in [-0.15, -0.1) is 0 Å². The molecule has 6 heavy (non-hydrogen) atoms. The Bertz CT molecular complexity index is 38.5. The van der Waals surface area contributed by atoms with E-state index < -0.39 is 0 Å². The molecule has 0 saturated heterocycles. The molecule has 4 heteroatoms. The van der Waals surface area contributed by atoms with Crippen molar-refractivity contribution < 1.29 is 0 Å². The molecule has 0 aromatic carbocycles. The topological polar surface area (TPSA) is 0 Å². The molecule has 36 valence electrons. The summed E-state index contributed by atoms with van der Waals surface area (Å²) >= 11 is 11.3. The average Bonchev–Trinajstić information content (AvgIpc) is 1.35. The monoisotopic (exact) mass is 384 g/mol. The molecule has 0 rings (SSSR count). The Morgan fingerprint density at radius 1 is 1.33 bits per heavy atom. The van der Waals surface area contributed by atoms with Crippen molar-refractivity contribution in [2.45, 2.75) is 6.58 Å². The first-order valence-electron chi connectivity index (χ1n) is 1.33. The normalized spacial score (nSPS) is 12.0. The van der Waals surface area contributed by atoms with Gasteiger partial charge in [-0.2, -0.15) is 0 Å². The quantitative estimate of drug-likeness (QED) is 0.443. The van der Waals surface area contributed by atoms with Crippen molar-refractivity contribution in [1.29, 1.82) is 0 Å². The average molecular weight is 385 g/mol. The van der Waals surface area contributed by atoms with Crippen LogP contribution in [0, 0.1) is 0 Å². The van der Waals surface area contributed by atoms with E-state index in [4.69, 9.17) is 0 Å². The van der Waals surface area contributed by atoms with Gasteiger partial charge in [-0.05, 0) is 0 Å². The van der Waals surface area contributed by atoms with Crippen LogP contribution >= 0.6 is 47.8 Å². The second kappa shape index (κ2) is 3.30. The standard InChI is InChI=1S/C2H2Br3.Sn.H/c1-2(3,4)5;;/h1H2;;. The van der Waals surface area contributed by atoms with Crippen LogP contribution in [0.4, 0.5) is 0 Å². The summed E-state index contributed by atoms with van der Waals surface area (Å²) in [6.07, 6.45) is 0. The van der Waals surface area contributed by atoms with Crippen LogP contribution in [0.1, 0.15) is 0 Å². The fraction of sp³-hybridized carbons (Fsp3) is 1.00. The third-order valence-corrected chi connectivity index (χ3v) is 8.07. The molecule has 0 amide bonds. The molecule has 0 fully saturated rings. The molecule has 0 aromatic rings. The summed E-state index contributed by atoms with van der Waals surface area (Å²) in [7, 11) is 0. The van der Waals surface area contributed by atoms with Gasteiger partial charge in [0, 0.05) is 0 Å². The van der Waals surface area contributed by atoms with Gasteiger partial charge in [-0.1, -0.05) is 0 Å². The molecule has 0 N–H and O–H groups in total. The Labute approximate surface area is 75.9 Å². The van der Waals surface area contributed by atoms with Crippen molar-refractivity contribution in [1.82, 2.24) is 0 Å². The van der Waals surface area contributed by atoms with E-state index in [1.807, 2.05) is 0 Å². The first-order chi connectivity index (χ1) is 2.56. The molecule has 0 aromatic heterocycles. The third kappa shape index (κ3) is 6.24. The molecule has 0 saturated carbocycles. The molecule has 0 aliphatic heterocycles. The summed E-state index contributed by atoms with van der Waals surface area (Å²) in [5, 5.41) is 0. The van der Waals surface area contributed by atoms with Gasteiger partial charge in [-0.3, -0.25) is 0 Å². The maximum atomic E-state index is 3.34. The van der Waals surface area contributed by atoms with Crippen LogP contribution in [0.5, 0.6) is 0 Å². The number of hydrogen-bond donors (Lipinski definition) is 0. The minimum absolute atomic E-state index is 0.0369. The van der Waals surface area contributed by atoms with Gasteiger partial charge in [-0.25, -0.2) is 0 Å². The summed E-state index contributed by atoms with van der Waals surface area (Å²) in [5.74, 6) is 0. The third-order valence-electron chi connectivity index (χ3n) is 0.231. The van der Waals surface area contributed by atoms with Crippen LogP contribution in [-0.4, -0.2) is 24.7 Å². The second-order valence-electron chi connectivity index (χ2n) is 0.819. The second-order valence-corrected chi connectivity index (χ2v) is 9.24. The Morgan fingerprint density at radius 3 is 1.50 bits per heavy atom. The van der Waals surface area contributed by atoms with Crippen molar-refractivity contribution >= 4 is 70.3 Å². The van der Waals surface area contributed by atoms with Crippen LogP contribution in [0.15, 0.2) is 0 Å². The van der Waals surface area contributed by atoms with Gasteiger partial charge in [0.25, 0.3) is 0 Å². The van der Waals surface area contributed by atoms with Crippen LogP contribution in [0.2, 0.25) is 4.44 Å². The van der Waals surface area contributed by atoms with Crippen molar-refractivity contribution in [2.75, 3.05) is 0 Å². The summed E-state index contributed by atoms with van der Waals surface area (Å²) in [6, 6.07) is 0. The first-order valence-corrected chi connectivity index (χ1v) is 6.04. The fourth-order valence-electron chi connectivity index (χ4n) is 0. The van der Waals surface area contributed by atoms with E-state index in [2.05, 4.69) is 47.8 Å². The van der Waals surface area contributed by atoms with E-state index in [1.165, 1.54) is 22.5 Å². The zero-order valence-electron chi connectivity index (χ0n) is 2.92. The van der Waals surface area contributed by atoms with Gasteiger partial charge >= 0.3 is 76.9 Å². The number of rotatable bonds is 0. The van der Waals surface area contributed by atoms with Crippen molar-refractivity contribution in [3.05, 3.63) is 0 Å². The summed E-state index contributed by atoms with van der Waals surface area (Å²) in [5.41, 5.74) is 0. The van der Waals surface area contributed by atoms with E-state index in [-0.39, 0.29) is 2.14 Å². The van der Waals surface area contributed by atoms with E-state index >= 15 is 0 Å². The van der Waals surface area contributed by atoms with E-state index in [0.29, 0.717) is 0 Å². The van der Waals surface area contributed by atoms with Crippen LogP contribution in [0.3, 0.4) is 0 Å². The molecule has 0 atom stereocenters. The molecular formula is C2H3Br3Sn. The molecule has 0 aliphatic carbocycles. The van der Waals surface area contributed by atoms with Crippen molar-refractivity contribution in [3.63, 3.8) is 0 Å². The molecule has 0 unspecified atom stereocenters. The van der Waals surface area contributed by atoms with Gasteiger partial charge in [0.15, 0.2) is 0 Å². The Kier molecular flexibility index (Phi) is 4.53. The zero-order valence-corrected chi connectivity index (χ0v) is 11.0. The Balaban J connectivity index is 3.17. The molecule has 0 aliphatic rings. The predicted molar refractivity (Wildman–Crippen MR) is 41.5 cm³/mol. The van der Waals surface area contributed by atoms with Crippen LogP contribution in [-0.2, 0) is 0 Å². The number of hydrogen-bond acceptors (Lipinski definition) is 0. The Hall–Kier alpha value is 2.24. The number of alkyl halides is 3. The van der Waals surface area contributed by atoms with Crippen molar-refractivity contribution in [3.8, 4) is 0 Å². The number of halogens is 3. The first kappa shape index (κ1) is 8.24. The molecule has 0 spiro atoms. The van der Waals surface area contributed by atoms with Gasteiger partial charge in [0.1, 0.15) is 0 Å². The summed E-state index contributed by atoms with van der Waals surface area (Å²) in [6.45, 7) is 0.